The van der Waals surface area contributed by atoms with Crippen LogP contribution in [0.3, 0.4) is 0 Å². The molecule has 0 heterocycles. The Hall–Kier alpha value is -1.39. The van der Waals surface area contributed by atoms with Gasteiger partial charge in [0.05, 0.1) is 18.2 Å². The molecule has 0 saturated heterocycles. The van der Waals surface area contributed by atoms with Gasteiger partial charge in [-0.2, -0.15) is 0 Å². The molecular formula is C16H24N2O2. The molecule has 0 spiro atoms. The van der Waals surface area contributed by atoms with Gasteiger partial charge in [-0.1, -0.05) is 43.2 Å². The van der Waals surface area contributed by atoms with Crippen LogP contribution in [-0.2, 0) is 11.2 Å². The molecule has 0 bridgehead atoms. The van der Waals surface area contributed by atoms with Gasteiger partial charge in [-0.05, 0) is 31.2 Å². The third kappa shape index (κ3) is 4.32. The zero-order chi connectivity index (χ0) is 14.4. The molecule has 1 fully saturated rings. The van der Waals surface area contributed by atoms with Crippen LogP contribution in [0.1, 0.15) is 37.7 Å². The summed E-state index contributed by atoms with van der Waals surface area (Å²) < 4.78 is 0. The molecule has 20 heavy (non-hydrogen) atoms. The highest BCUT2D eigenvalue weighted by Crippen LogP contribution is 2.18. The molecule has 0 unspecified atom stereocenters. The summed E-state index contributed by atoms with van der Waals surface area (Å²) in [5.41, 5.74) is 7.12. The number of carbonyl (C=O) groups is 1. The molecule has 4 heteroatoms. The third-order valence-electron chi connectivity index (χ3n) is 3.98. The van der Waals surface area contributed by atoms with Crippen molar-refractivity contribution in [2.24, 2.45) is 5.73 Å². The van der Waals surface area contributed by atoms with Crippen LogP contribution in [0.2, 0.25) is 0 Å². The van der Waals surface area contributed by atoms with E-state index in [2.05, 4.69) is 5.32 Å². The number of hydrogen-bond donors (Lipinski definition) is 3. The normalized spacial score (nSPS) is 24.1. The molecule has 2 rings (SSSR count). The molecule has 1 aromatic carbocycles. The highest BCUT2D eigenvalue weighted by molar-refractivity contribution is 5.81. The fourth-order valence-corrected chi connectivity index (χ4v) is 2.67. The highest BCUT2D eigenvalue weighted by Gasteiger charge is 2.26. The molecule has 0 aromatic heterocycles. The SMILES string of the molecule is N[C@@H](CCc1ccccc1)C(=O)N[C@H]1CCCC[C@@H]1O. The van der Waals surface area contributed by atoms with E-state index < -0.39 is 12.1 Å². The van der Waals surface area contributed by atoms with Crippen molar-refractivity contribution >= 4 is 5.91 Å². The lowest BCUT2D eigenvalue weighted by atomic mass is 9.92. The van der Waals surface area contributed by atoms with Gasteiger partial charge in [0.1, 0.15) is 0 Å². The highest BCUT2D eigenvalue weighted by atomic mass is 16.3. The van der Waals surface area contributed by atoms with Gasteiger partial charge in [-0.3, -0.25) is 4.79 Å². The van der Waals surface area contributed by atoms with E-state index in [1.807, 2.05) is 30.3 Å². The minimum absolute atomic E-state index is 0.126. The van der Waals surface area contributed by atoms with Crippen LogP contribution < -0.4 is 11.1 Å². The molecule has 1 aromatic rings. The monoisotopic (exact) mass is 276 g/mol. The van der Waals surface area contributed by atoms with Gasteiger partial charge in [0, 0.05) is 0 Å². The summed E-state index contributed by atoms with van der Waals surface area (Å²) in [4.78, 5) is 12.0. The largest absolute Gasteiger partial charge is 0.391 e. The van der Waals surface area contributed by atoms with Crippen LogP contribution in [0.4, 0.5) is 0 Å². The Labute approximate surface area is 120 Å². The Morgan fingerprint density at radius 1 is 1.30 bits per heavy atom. The van der Waals surface area contributed by atoms with Crippen LogP contribution in [0, 0.1) is 0 Å². The fraction of sp³-hybridized carbons (Fsp3) is 0.562. The lowest BCUT2D eigenvalue weighted by Crippen LogP contribution is -2.50. The predicted octanol–water partition coefficient (Wildman–Crippen LogP) is 1.37. The Morgan fingerprint density at radius 3 is 2.70 bits per heavy atom. The lowest BCUT2D eigenvalue weighted by Gasteiger charge is -2.29. The van der Waals surface area contributed by atoms with Crippen LogP contribution in [-0.4, -0.2) is 29.2 Å². The van der Waals surface area contributed by atoms with Crippen molar-refractivity contribution in [2.45, 2.75) is 56.7 Å². The van der Waals surface area contributed by atoms with E-state index in [-0.39, 0.29) is 11.9 Å². The van der Waals surface area contributed by atoms with E-state index in [0.717, 1.165) is 32.1 Å². The Balaban J connectivity index is 1.77. The molecule has 3 atom stereocenters. The number of hydrogen-bond acceptors (Lipinski definition) is 3. The summed E-state index contributed by atoms with van der Waals surface area (Å²) in [7, 11) is 0. The quantitative estimate of drug-likeness (QED) is 0.760. The smallest absolute Gasteiger partial charge is 0.237 e. The third-order valence-corrected chi connectivity index (χ3v) is 3.98. The summed E-state index contributed by atoms with van der Waals surface area (Å²) in [6, 6.07) is 9.38. The number of nitrogens with one attached hydrogen (secondary N) is 1. The summed E-state index contributed by atoms with van der Waals surface area (Å²) >= 11 is 0. The van der Waals surface area contributed by atoms with Crippen molar-refractivity contribution in [1.82, 2.24) is 5.32 Å². The van der Waals surface area contributed by atoms with Crippen molar-refractivity contribution < 1.29 is 9.90 Å². The standard InChI is InChI=1S/C16H24N2O2/c17-13(11-10-12-6-2-1-3-7-12)16(20)18-14-8-4-5-9-15(14)19/h1-3,6-7,13-15,19H,4-5,8-11,17H2,(H,18,20)/t13-,14-,15-/m0/s1. The molecular weight excluding hydrogens is 252 g/mol. The number of aliphatic hydroxyl groups excluding tert-OH is 1. The van der Waals surface area contributed by atoms with Crippen LogP contribution in [0.25, 0.3) is 0 Å². The number of aliphatic hydroxyl groups is 1. The number of aryl methyl sites for hydroxylation is 1. The van der Waals surface area contributed by atoms with Gasteiger partial charge in [0.2, 0.25) is 5.91 Å². The summed E-state index contributed by atoms with van der Waals surface area (Å²) in [5, 5.41) is 12.7. The average Bonchev–Trinajstić information content (AvgIpc) is 2.48. The molecule has 1 aliphatic rings. The van der Waals surface area contributed by atoms with Gasteiger partial charge in [0.25, 0.3) is 0 Å². The first kappa shape index (κ1) is 15.0. The first-order valence-electron chi connectivity index (χ1n) is 7.45. The molecule has 110 valence electrons. The maximum Gasteiger partial charge on any atom is 0.237 e. The Bertz CT molecular complexity index is 422. The lowest BCUT2D eigenvalue weighted by molar-refractivity contribution is -0.124. The molecule has 0 radical (unpaired) electrons. The number of amides is 1. The Morgan fingerprint density at radius 2 is 2.00 bits per heavy atom. The van der Waals surface area contributed by atoms with Crippen molar-refractivity contribution in [2.75, 3.05) is 0 Å². The minimum atomic E-state index is -0.510. The Kier molecular flexibility index (Phi) is 5.56. The number of benzene rings is 1. The minimum Gasteiger partial charge on any atom is -0.391 e. The predicted molar refractivity (Wildman–Crippen MR) is 79.1 cm³/mol. The summed E-state index contributed by atoms with van der Waals surface area (Å²) in [6.45, 7) is 0. The molecule has 1 aliphatic carbocycles. The van der Waals surface area contributed by atoms with E-state index in [4.69, 9.17) is 5.73 Å². The van der Waals surface area contributed by atoms with Gasteiger partial charge in [0.15, 0.2) is 0 Å². The van der Waals surface area contributed by atoms with Gasteiger partial charge >= 0.3 is 0 Å². The van der Waals surface area contributed by atoms with Crippen LogP contribution >= 0.6 is 0 Å². The van der Waals surface area contributed by atoms with E-state index in [0.29, 0.717) is 6.42 Å². The first-order chi connectivity index (χ1) is 9.66. The molecule has 4 nitrogen and oxygen atoms in total. The maximum absolute atomic E-state index is 12.0. The van der Waals surface area contributed by atoms with Gasteiger partial charge in [-0.25, -0.2) is 0 Å². The van der Waals surface area contributed by atoms with E-state index in [1.165, 1.54) is 5.56 Å². The van der Waals surface area contributed by atoms with Crippen LogP contribution in [0.5, 0.6) is 0 Å². The van der Waals surface area contributed by atoms with Crippen LogP contribution in [0.15, 0.2) is 30.3 Å². The molecule has 1 saturated carbocycles. The zero-order valence-electron chi connectivity index (χ0n) is 11.8. The second kappa shape index (κ2) is 7.41. The summed E-state index contributed by atoms with van der Waals surface area (Å²) in [5.74, 6) is -0.146. The number of rotatable bonds is 5. The van der Waals surface area contributed by atoms with Crippen molar-refractivity contribution in [1.29, 1.82) is 0 Å². The average molecular weight is 276 g/mol. The number of carbonyl (C=O) groups excluding carboxylic acids is 1. The van der Waals surface area contributed by atoms with E-state index in [9.17, 15) is 9.90 Å². The zero-order valence-corrected chi connectivity index (χ0v) is 11.8. The van der Waals surface area contributed by atoms with Crippen molar-refractivity contribution in [3.05, 3.63) is 35.9 Å². The van der Waals surface area contributed by atoms with Crippen molar-refractivity contribution in [3.63, 3.8) is 0 Å². The second-order valence-electron chi connectivity index (χ2n) is 5.60. The van der Waals surface area contributed by atoms with E-state index in [1.54, 1.807) is 0 Å². The molecule has 1 amide bonds. The topological polar surface area (TPSA) is 75.4 Å². The summed E-state index contributed by atoms with van der Waals surface area (Å²) in [6.07, 6.45) is 4.70. The molecule has 4 N–H and O–H groups in total. The van der Waals surface area contributed by atoms with Gasteiger partial charge < -0.3 is 16.2 Å². The number of nitrogens with two attached hydrogens (primary N) is 1. The fourth-order valence-electron chi connectivity index (χ4n) is 2.67. The van der Waals surface area contributed by atoms with Gasteiger partial charge in [-0.15, -0.1) is 0 Å². The molecule has 0 aliphatic heterocycles. The maximum atomic E-state index is 12.0. The van der Waals surface area contributed by atoms with E-state index >= 15 is 0 Å². The first-order valence-corrected chi connectivity index (χ1v) is 7.45. The second-order valence-corrected chi connectivity index (χ2v) is 5.60. The van der Waals surface area contributed by atoms with Crippen molar-refractivity contribution in [3.8, 4) is 0 Å².